The number of halogens is 2. The topological polar surface area (TPSA) is 66.4 Å². The summed E-state index contributed by atoms with van der Waals surface area (Å²) in [5.41, 5.74) is 0.494. The molecule has 0 saturated carbocycles. The molecule has 110 valence electrons. The number of nitrogens with one attached hydrogen (secondary N) is 1. The molecule has 2 aromatic rings. The number of carbonyl (C=O) groups excluding carboxylic acids is 1. The Morgan fingerprint density at radius 3 is 2.76 bits per heavy atom. The highest BCUT2D eigenvalue weighted by Gasteiger charge is 2.21. The Labute approximate surface area is 147 Å². The Bertz CT molecular complexity index is 660. The second-order valence-corrected chi connectivity index (χ2v) is 7.34. The van der Waals surface area contributed by atoms with E-state index in [1.807, 2.05) is 23.6 Å². The van der Waals surface area contributed by atoms with E-state index in [2.05, 4.69) is 43.8 Å². The van der Waals surface area contributed by atoms with Gasteiger partial charge in [-0.2, -0.15) is 0 Å². The molecule has 1 heterocycles. The fourth-order valence-electron chi connectivity index (χ4n) is 1.79. The van der Waals surface area contributed by atoms with Crippen LogP contribution < -0.4 is 5.32 Å². The summed E-state index contributed by atoms with van der Waals surface area (Å²) in [5, 5.41) is 13.7. The second kappa shape index (κ2) is 7.37. The Balaban J connectivity index is 2.22. The summed E-state index contributed by atoms with van der Waals surface area (Å²) in [5.74, 6) is -1.24. The van der Waals surface area contributed by atoms with Crippen molar-refractivity contribution in [3.05, 3.63) is 54.2 Å². The molecule has 4 nitrogen and oxygen atoms in total. The van der Waals surface area contributed by atoms with Gasteiger partial charge in [0.2, 0.25) is 0 Å². The zero-order chi connectivity index (χ0) is 15.4. The molecule has 1 unspecified atom stereocenters. The van der Waals surface area contributed by atoms with Crippen LogP contribution in [0.25, 0.3) is 0 Å². The van der Waals surface area contributed by atoms with Crippen molar-refractivity contribution >= 4 is 61.7 Å². The lowest BCUT2D eigenvalue weighted by molar-refractivity contribution is -0.137. The molecular weight excluding hydrogens is 469 g/mol. The third-order valence-corrected chi connectivity index (χ3v) is 5.09. The van der Waals surface area contributed by atoms with Gasteiger partial charge in [-0.05, 0) is 68.2 Å². The smallest absolute Gasteiger partial charge is 0.305 e. The summed E-state index contributed by atoms with van der Waals surface area (Å²) in [7, 11) is 0. The van der Waals surface area contributed by atoms with E-state index >= 15 is 0 Å². The van der Waals surface area contributed by atoms with E-state index in [-0.39, 0.29) is 12.3 Å². The Hall–Kier alpha value is -0.930. The molecule has 7 heteroatoms. The van der Waals surface area contributed by atoms with Crippen molar-refractivity contribution in [2.45, 2.75) is 12.5 Å². The van der Waals surface area contributed by atoms with E-state index in [4.69, 9.17) is 5.11 Å². The lowest BCUT2D eigenvalue weighted by Crippen LogP contribution is -2.30. The summed E-state index contributed by atoms with van der Waals surface area (Å²) in [4.78, 5) is 24.2. The van der Waals surface area contributed by atoms with Gasteiger partial charge < -0.3 is 10.4 Å². The van der Waals surface area contributed by atoms with Crippen molar-refractivity contribution < 1.29 is 14.7 Å². The van der Waals surface area contributed by atoms with Gasteiger partial charge in [0.15, 0.2) is 0 Å². The molecule has 1 amide bonds. The number of carboxylic acids is 1. The molecule has 0 saturated heterocycles. The molecule has 0 aliphatic rings. The van der Waals surface area contributed by atoms with Crippen LogP contribution >= 0.6 is 49.9 Å². The number of thiophene rings is 1. The van der Waals surface area contributed by atoms with E-state index in [0.29, 0.717) is 10.0 Å². The Morgan fingerprint density at radius 2 is 2.14 bits per heavy atom. The second-order valence-electron chi connectivity index (χ2n) is 4.26. The van der Waals surface area contributed by atoms with Gasteiger partial charge >= 0.3 is 5.97 Å². The predicted octanol–water partition coefficient (Wildman–Crippen LogP) is 4.06. The number of hydrogen-bond acceptors (Lipinski definition) is 3. The number of carboxylic acid groups (broad SMARTS) is 1. The minimum atomic E-state index is -0.949. The number of benzene rings is 1. The van der Waals surface area contributed by atoms with E-state index in [1.165, 1.54) is 11.3 Å². The number of carbonyl (C=O) groups is 2. The van der Waals surface area contributed by atoms with Gasteiger partial charge in [0.25, 0.3) is 5.91 Å². The monoisotopic (exact) mass is 479 g/mol. The molecule has 0 bridgehead atoms. The Morgan fingerprint density at radius 1 is 1.38 bits per heavy atom. The van der Waals surface area contributed by atoms with Gasteiger partial charge in [-0.3, -0.25) is 9.59 Å². The summed E-state index contributed by atoms with van der Waals surface area (Å²) in [6.45, 7) is 0. The van der Waals surface area contributed by atoms with Crippen molar-refractivity contribution in [2.24, 2.45) is 0 Å². The fraction of sp³-hybridized carbons (Fsp3) is 0.143. The van der Waals surface area contributed by atoms with Crippen molar-refractivity contribution in [3.8, 4) is 0 Å². The molecule has 0 fully saturated rings. The highest BCUT2D eigenvalue weighted by atomic mass is 127. The maximum Gasteiger partial charge on any atom is 0.305 e. The van der Waals surface area contributed by atoms with Crippen LogP contribution in [-0.4, -0.2) is 17.0 Å². The molecule has 0 spiro atoms. The molecule has 0 radical (unpaired) electrons. The maximum atomic E-state index is 12.4. The number of amides is 1. The zero-order valence-electron chi connectivity index (χ0n) is 10.7. The average molecular weight is 480 g/mol. The molecule has 1 atom stereocenters. The van der Waals surface area contributed by atoms with Gasteiger partial charge in [0, 0.05) is 12.9 Å². The summed E-state index contributed by atoms with van der Waals surface area (Å²) < 4.78 is 1.62. The van der Waals surface area contributed by atoms with Crippen LogP contribution in [0.2, 0.25) is 0 Å². The third kappa shape index (κ3) is 4.52. The standard InChI is InChI=1S/C14H11BrINO3S/c15-10-4-3-8(16)6-9(10)14(20)17-11(7-13(18)19)12-2-1-5-21-12/h1-6,11H,7H2,(H,17,20)(H,18,19). The highest BCUT2D eigenvalue weighted by Crippen LogP contribution is 2.24. The van der Waals surface area contributed by atoms with Crippen LogP contribution in [0.5, 0.6) is 0 Å². The van der Waals surface area contributed by atoms with Crippen molar-refractivity contribution in [3.63, 3.8) is 0 Å². The third-order valence-electron chi connectivity index (χ3n) is 2.74. The molecular formula is C14H11BrINO3S. The molecule has 0 aliphatic carbocycles. The predicted molar refractivity (Wildman–Crippen MR) is 93.6 cm³/mol. The summed E-state index contributed by atoms with van der Waals surface area (Å²) in [6.07, 6.45) is -0.145. The first-order valence-electron chi connectivity index (χ1n) is 5.98. The first-order chi connectivity index (χ1) is 9.97. The average Bonchev–Trinajstić information content (AvgIpc) is 2.94. The molecule has 1 aromatic carbocycles. The molecule has 2 rings (SSSR count). The molecule has 2 N–H and O–H groups in total. The Kier molecular flexibility index (Phi) is 5.77. The number of aliphatic carboxylic acids is 1. The van der Waals surface area contributed by atoms with E-state index in [1.54, 1.807) is 12.1 Å². The van der Waals surface area contributed by atoms with Crippen molar-refractivity contribution in [1.82, 2.24) is 5.32 Å². The highest BCUT2D eigenvalue weighted by molar-refractivity contribution is 14.1. The van der Waals surface area contributed by atoms with Crippen LogP contribution in [0, 0.1) is 3.57 Å². The lowest BCUT2D eigenvalue weighted by atomic mass is 10.1. The maximum absolute atomic E-state index is 12.4. The quantitative estimate of drug-likeness (QED) is 0.635. The van der Waals surface area contributed by atoms with Crippen LogP contribution in [0.15, 0.2) is 40.2 Å². The zero-order valence-corrected chi connectivity index (χ0v) is 15.2. The lowest BCUT2D eigenvalue weighted by Gasteiger charge is -2.16. The van der Waals surface area contributed by atoms with Gasteiger partial charge in [0.1, 0.15) is 0 Å². The largest absolute Gasteiger partial charge is 0.481 e. The van der Waals surface area contributed by atoms with Crippen LogP contribution in [0.1, 0.15) is 27.7 Å². The molecule has 0 aliphatic heterocycles. The van der Waals surface area contributed by atoms with E-state index in [0.717, 1.165) is 8.45 Å². The fourth-order valence-corrected chi connectivity index (χ4v) is 3.49. The summed E-state index contributed by atoms with van der Waals surface area (Å²) in [6, 6.07) is 8.57. The summed E-state index contributed by atoms with van der Waals surface area (Å²) >= 11 is 6.90. The first kappa shape index (κ1) is 16.4. The van der Waals surface area contributed by atoms with Crippen LogP contribution in [-0.2, 0) is 4.79 Å². The molecule has 1 aromatic heterocycles. The van der Waals surface area contributed by atoms with Gasteiger partial charge in [-0.1, -0.05) is 6.07 Å². The number of hydrogen-bond donors (Lipinski definition) is 2. The van der Waals surface area contributed by atoms with Gasteiger partial charge in [-0.25, -0.2) is 0 Å². The van der Waals surface area contributed by atoms with Crippen molar-refractivity contribution in [1.29, 1.82) is 0 Å². The van der Waals surface area contributed by atoms with Gasteiger partial charge in [-0.15, -0.1) is 11.3 Å². The minimum absolute atomic E-state index is 0.145. The normalized spacial score (nSPS) is 11.9. The van der Waals surface area contributed by atoms with Crippen LogP contribution in [0.3, 0.4) is 0 Å². The minimum Gasteiger partial charge on any atom is -0.481 e. The SMILES string of the molecule is O=C(O)CC(NC(=O)c1cc(I)ccc1Br)c1cccs1. The van der Waals surface area contributed by atoms with Crippen LogP contribution in [0.4, 0.5) is 0 Å². The number of rotatable bonds is 5. The van der Waals surface area contributed by atoms with E-state index in [9.17, 15) is 9.59 Å². The van der Waals surface area contributed by atoms with Gasteiger partial charge in [0.05, 0.1) is 18.0 Å². The first-order valence-corrected chi connectivity index (χ1v) is 8.73. The van der Waals surface area contributed by atoms with E-state index < -0.39 is 12.0 Å². The molecule has 21 heavy (non-hydrogen) atoms. The van der Waals surface area contributed by atoms with Crippen molar-refractivity contribution in [2.75, 3.05) is 0 Å².